The van der Waals surface area contributed by atoms with Gasteiger partial charge in [-0.25, -0.2) is 13.8 Å². The molecular weight excluding hydrogens is 280 g/mol. The first-order valence-corrected chi connectivity index (χ1v) is 5.60. The molecule has 6 heteroatoms. The molecule has 3 N–H and O–H groups in total. The molecule has 0 atom stereocenters. The van der Waals surface area contributed by atoms with Gasteiger partial charge in [-0.3, -0.25) is 0 Å². The average molecular weight is 290 g/mol. The summed E-state index contributed by atoms with van der Waals surface area (Å²) in [5.74, 6) is -1.20. The number of benzene rings is 1. The molecule has 86 valence electrons. The maximum absolute atomic E-state index is 13.3. The van der Waals surface area contributed by atoms with E-state index in [-0.39, 0.29) is 22.2 Å². The minimum atomic E-state index is -0.699. The van der Waals surface area contributed by atoms with Crippen LogP contribution in [0.3, 0.4) is 0 Å². The number of halogens is 3. The number of hydrogen-bond acceptors (Lipinski definition) is 1. The Hall–Kier alpha value is -1.17. The number of hydrogen-bond donors (Lipinski definition) is 2. The van der Waals surface area contributed by atoms with Crippen LogP contribution >= 0.6 is 15.9 Å². The van der Waals surface area contributed by atoms with Crippen LogP contribution in [0.15, 0.2) is 21.6 Å². The molecule has 1 aromatic carbocycles. The lowest BCUT2D eigenvalue weighted by Crippen LogP contribution is -2.23. The van der Waals surface area contributed by atoms with Crippen molar-refractivity contribution in [2.75, 3.05) is 5.32 Å². The van der Waals surface area contributed by atoms with Crippen molar-refractivity contribution in [1.29, 1.82) is 0 Å². The SMILES string of the molecule is NC(=NC1CC1)Nc1cc(Br)c(F)cc1F. The van der Waals surface area contributed by atoms with Gasteiger partial charge in [0.2, 0.25) is 0 Å². The number of rotatable bonds is 2. The van der Waals surface area contributed by atoms with Gasteiger partial charge in [0.1, 0.15) is 11.6 Å². The van der Waals surface area contributed by atoms with Crippen molar-refractivity contribution < 1.29 is 8.78 Å². The second-order valence-corrected chi connectivity index (χ2v) is 4.47. The van der Waals surface area contributed by atoms with Crippen LogP contribution in [0.5, 0.6) is 0 Å². The smallest absolute Gasteiger partial charge is 0.193 e. The summed E-state index contributed by atoms with van der Waals surface area (Å²) in [6, 6.07) is 2.33. The molecule has 0 saturated heterocycles. The van der Waals surface area contributed by atoms with Crippen LogP contribution in [-0.4, -0.2) is 12.0 Å². The van der Waals surface area contributed by atoms with Gasteiger partial charge in [-0.15, -0.1) is 0 Å². The molecule has 1 aromatic rings. The van der Waals surface area contributed by atoms with E-state index in [9.17, 15) is 8.78 Å². The van der Waals surface area contributed by atoms with E-state index >= 15 is 0 Å². The predicted molar refractivity (Wildman–Crippen MR) is 62.3 cm³/mol. The van der Waals surface area contributed by atoms with Crippen molar-refractivity contribution in [1.82, 2.24) is 0 Å². The van der Waals surface area contributed by atoms with Gasteiger partial charge in [-0.05, 0) is 34.8 Å². The Morgan fingerprint density at radius 3 is 2.69 bits per heavy atom. The summed E-state index contributed by atoms with van der Waals surface area (Å²) in [4.78, 5) is 4.08. The van der Waals surface area contributed by atoms with Crippen molar-refractivity contribution in [3.8, 4) is 0 Å². The number of aliphatic imine (C=N–C) groups is 1. The Bertz CT molecular complexity index is 444. The van der Waals surface area contributed by atoms with Crippen LogP contribution < -0.4 is 11.1 Å². The largest absolute Gasteiger partial charge is 0.370 e. The molecule has 1 aliphatic carbocycles. The van der Waals surface area contributed by atoms with E-state index in [2.05, 4.69) is 26.2 Å². The second-order valence-electron chi connectivity index (χ2n) is 3.62. The third-order valence-electron chi connectivity index (χ3n) is 2.14. The minimum Gasteiger partial charge on any atom is -0.370 e. The number of anilines is 1. The summed E-state index contributed by atoms with van der Waals surface area (Å²) < 4.78 is 26.4. The number of nitrogens with two attached hydrogens (primary N) is 1. The third kappa shape index (κ3) is 2.69. The van der Waals surface area contributed by atoms with Crippen molar-refractivity contribution >= 4 is 27.6 Å². The molecule has 0 unspecified atom stereocenters. The van der Waals surface area contributed by atoms with E-state index in [1.54, 1.807) is 0 Å². The molecule has 0 spiro atoms. The van der Waals surface area contributed by atoms with E-state index < -0.39 is 11.6 Å². The summed E-state index contributed by atoms with van der Waals surface area (Å²) >= 11 is 2.97. The van der Waals surface area contributed by atoms with Crippen LogP contribution in [0.2, 0.25) is 0 Å². The highest BCUT2D eigenvalue weighted by molar-refractivity contribution is 9.10. The zero-order valence-corrected chi connectivity index (χ0v) is 9.89. The predicted octanol–water partition coefficient (Wildman–Crippen LogP) is 2.62. The number of nitrogens with one attached hydrogen (secondary N) is 1. The fourth-order valence-electron chi connectivity index (χ4n) is 1.19. The van der Waals surface area contributed by atoms with Crippen LogP contribution in [-0.2, 0) is 0 Å². The number of nitrogens with zero attached hydrogens (tertiary/aromatic N) is 1. The second kappa shape index (κ2) is 4.37. The minimum absolute atomic E-state index is 0.107. The molecule has 0 heterocycles. The lowest BCUT2D eigenvalue weighted by molar-refractivity contribution is 0.581. The molecule has 0 aromatic heterocycles. The van der Waals surface area contributed by atoms with Crippen LogP contribution in [0.1, 0.15) is 12.8 Å². The molecule has 1 fully saturated rings. The Labute approximate surface area is 99.9 Å². The Kier molecular flexibility index (Phi) is 3.09. The van der Waals surface area contributed by atoms with Crippen LogP contribution in [0.25, 0.3) is 0 Å². The molecule has 0 aliphatic heterocycles. The molecular formula is C10H10BrF2N3. The summed E-state index contributed by atoms with van der Waals surface area (Å²) in [5, 5.41) is 2.61. The standard InChI is InChI=1S/C10H10BrF2N3/c11-6-3-9(8(13)4-7(6)12)16-10(14)15-5-1-2-5/h3-5H,1-2H2,(H3,14,15,16). The van der Waals surface area contributed by atoms with E-state index in [0.29, 0.717) is 0 Å². The van der Waals surface area contributed by atoms with Crippen LogP contribution in [0, 0.1) is 11.6 Å². The fraction of sp³-hybridized carbons (Fsp3) is 0.300. The van der Waals surface area contributed by atoms with Crippen LogP contribution in [0.4, 0.5) is 14.5 Å². The van der Waals surface area contributed by atoms with Gasteiger partial charge in [0.05, 0.1) is 16.2 Å². The maximum atomic E-state index is 13.3. The monoisotopic (exact) mass is 289 g/mol. The maximum Gasteiger partial charge on any atom is 0.193 e. The fourth-order valence-corrected chi connectivity index (χ4v) is 1.53. The summed E-state index contributed by atoms with van der Waals surface area (Å²) in [6.45, 7) is 0. The quantitative estimate of drug-likeness (QED) is 0.500. The van der Waals surface area contributed by atoms with E-state index in [1.807, 2.05) is 0 Å². The molecule has 16 heavy (non-hydrogen) atoms. The van der Waals surface area contributed by atoms with Crippen molar-refractivity contribution in [2.24, 2.45) is 10.7 Å². The van der Waals surface area contributed by atoms with Gasteiger partial charge in [0, 0.05) is 6.07 Å². The molecule has 0 bridgehead atoms. The average Bonchev–Trinajstić information content (AvgIpc) is 2.98. The Morgan fingerprint density at radius 1 is 1.38 bits per heavy atom. The molecule has 1 aliphatic rings. The van der Waals surface area contributed by atoms with Crippen molar-refractivity contribution in [2.45, 2.75) is 18.9 Å². The van der Waals surface area contributed by atoms with Gasteiger partial charge >= 0.3 is 0 Å². The zero-order valence-electron chi connectivity index (χ0n) is 8.30. The molecule has 0 amide bonds. The summed E-state index contributed by atoms with van der Waals surface area (Å²) in [6.07, 6.45) is 2.02. The molecule has 0 radical (unpaired) electrons. The van der Waals surface area contributed by atoms with Crippen molar-refractivity contribution in [3.05, 3.63) is 28.2 Å². The van der Waals surface area contributed by atoms with Gasteiger partial charge in [-0.2, -0.15) is 0 Å². The lowest BCUT2D eigenvalue weighted by Gasteiger charge is -2.07. The molecule has 3 nitrogen and oxygen atoms in total. The highest BCUT2D eigenvalue weighted by atomic mass is 79.9. The Balaban J connectivity index is 2.17. The van der Waals surface area contributed by atoms with Gasteiger partial charge < -0.3 is 11.1 Å². The van der Waals surface area contributed by atoms with Gasteiger partial charge in [-0.1, -0.05) is 0 Å². The molecule has 1 saturated carbocycles. The number of guanidine groups is 1. The zero-order chi connectivity index (χ0) is 11.7. The third-order valence-corrected chi connectivity index (χ3v) is 2.75. The summed E-state index contributed by atoms with van der Waals surface area (Å²) in [5.41, 5.74) is 5.67. The molecule has 2 rings (SSSR count). The van der Waals surface area contributed by atoms with E-state index in [1.165, 1.54) is 6.07 Å². The normalized spacial score (nSPS) is 16.3. The van der Waals surface area contributed by atoms with Gasteiger partial charge in [0.15, 0.2) is 5.96 Å². The first-order chi connectivity index (χ1) is 7.56. The first kappa shape index (κ1) is 11.3. The highest BCUT2D eigenvalue weighted by Gasteiger charge is 2.20. The van der Waals surface area contributed by atoms with Gasteiger partial charge in [0.25, 0.3) is 0 Å². The first-order valence-electron chi connectivity index (χ1n) is 4.81. The summed E-state index contributed by atoms with van der Waals surface area (Å²) in [7, 11) is 0. The van der Waals surface area contributed by atoms with Crippen molar-refractivity contribution in [3.63, 3.8) is 0 Å². The Morgan fingerprint density at radius 2 is 2.06 bits per heavy atom. The topological polar surface area (TPSA) is 50.4 Å². The highest BCUT2D eigenvalue weighted by Crippen LogP contribution is 2.25. The van der Waals surface area contributed by atoms with E-state index in [4.69, 9.17) is 5.73 Å². The lowest BCUT2D eigenvalue weighted by atomic mass is 10.3. The van der Waals surface area contributed by atoms with E-state index in [0.717, 1.165) is 18.9 Å².